The number of thiophene rings is 1. The first kappa shape index (κ1) is 13.6. The van der Waals surface area contributed by atoms with Gasteiger partial charge in [-0.3, -0.25) is 0 Å². The second kappa shape index (κ2) is 5.85. The van der Waals surface area contributed by atoms with Gasteiger partial charge in [0.15, 0.2) is 0 Å². The van der Waals surface area contributed by atoms with Gasteiger partial charge < -0.3 is 5.73 Å². The molecule has 2 N–H and O–H groups in total. The fraction of sp³-hybridized carbons (Fsp3) is 0.167. The van der Waals surface area contributed by atoms with Gasteiger partial charge in [0.2, 0.25) is 0 Å². The highest BCUT2D eigenvalue weighted by atomic mass is 79.9. The van der Waals surface area contributed by atoms with E-state index in [2.05, 4.69) is 37.9 Å². The van der Waals surface area contributed by atoms with Crippen molar-refractivity contribution in [1.29, 1.82) is 0 Å². The maximum atomic E-state index is 6.19. The fourth-order valence-electron chi connectivity index (χ4n) is 1.59. The van der Waals surface area contributed by atoms with Crippen LogP contribution in [0.3, 0.4) is 0 Å². The normalized spacial score (nSPS) is 12.7. The first-order valence-electron chi connectivity index (χ1n) is 5.00. The van der Waals surface area contributed by atoms with E-state index in [9.17, 15) is 0 Å². The van der Waals surface area contributed by atoms with E-state index in [1.807, 2.05) is 24.3 Å². The quantitative estimate of drug-likeness (QED) is 0.762. The minimum absolute atomic E-state index is 0.0319. The molecule has 0 bridgehead atoms. The molecule has 0 aliphatic carbocycles. The van der Waals surface area contributed by atoms with Gasteiger partial charge in [-0.1, -0.05) is 27.5 Å². The van der Waals surface area contributed by atoms with Gasteiger partial charge >= 0.3 is 0 Å². The number of hydrogen-bond donors (Lipinski definition) is 1. The third-order valence-corrected chi connectivity index (χ3v) is 4.69. The summed E-state index contributed by atoms with van der Waals surface area (Å²) in [5.41, 5.74) is 7.24. The van der Waals surface area contributed by atoms with Crippen molar-refractivity contribution >= 4 is 54.8 Å². The molecular weight excluding hydrogens is 385 g/mol. The van der Waals surface area contributed by atoms with Crippen molar-refractivity contribution < 1.29 is 0 Å². The van der Waals surface area contributed by atoms with Crippen LogP contribution in [0.2, 0.25) is 5.02 Å². The minimum Gasteiger partial charge on any atom is -0.324 e. The van der Waals surface area contributed by atoms with E-state index in [1.165, 1.54) is 4.88 Å². The molecule has 0 radical (unpaired) electrons. The lowest BCUT2D eigenvalue weighted by atomic mass is 10.0. The Kier molecular flexibility index (Phi) is 4.66. The number of nitrogens with two attached hydrogens (primary N) is 1. The van der Waals surface area contributed by atoms with Crippen LogP contribution in [-0.4, -0.2) is 0 Å². The van der Waals surface area contributed by atoms with Gasteiger partial charge in [-0.25, -0.2) is 0 Å². The molecule has 2 aromatic rings. The van der Waals surface area contributed by atoms with Crippen LogP contribution < -0.4 is 5.73 Å². The topological polar surface area (TPSA) is 26.0 Å². The van der Waals surface area contributed by atoms with Gasteiger partial charge in [-0.05, 0) is 51.8 Å². The average molecular weight is 396 g/mol. The van der Waals surface area contributed by atoms with Gasteiger partial charge in [-0.2, -0.15) is 0 Å². The first-order valence-corrected chi connectivity index (χ1v) is 7.78. The molecular formula is C12H10Br2ClNS. The molecule has 1 atom stereocenters. The van der Waals surface area contributed by atoms with E-state index >= 15 is 0 Å². The zero-order valence-corrected chi connectivity index (χ0v) is 13.5. The maximum absolute atomic E-state index is 6.19. The van der Waals surface area contributed by atoms with Crippen molar-refractivity contribution in [2.75, 3.05) is 0 Å². The minimum atomic E-state index is -0.0319. The molecule has 0 aliphatic rings. The smallest absolute Gasteiger partial charge is 0.0701 e. The molecule has 1 nitrogen and oxygen atoms in total. The van der Waals surface area contributed by atoms with Crippen LogP contribution in [0.15, 0.2) is 38.6 Å². The van der Waals surface area contributed by atoms with Crippen molar-refractivity contribution in [1.82, 2.24) is 0 Å². The van der Waals surface area contributed by atoms with E-state index in [-0.39, 0.29) is 6.04 Å². The predicted molar refractivity (Wildman–Crippen MR) is 81.8 cm³/mol. The van der Waals surface area contributed by atoms with Crippen molar-refractivity contribution in [2.45, 2.75) is 12.5 Å². The lowest BCUT2D eigenvalue weighted by molar-refractivity contribution is 0.730. The SMILES string of the molecule is NC(Cc1ccc(Br)s1)c1cc(Cl)cc(Br)c1. The first-order chi connectivity index (χ1) is 8.04. The number of hydrogen-bond acceptors (Lipinski definition) is 2. The molecule has 2 rings (SSSR count). The summed E-state index contributed by atoms with van der Waals surface area (Å²) in [5, 5.41) is 0.706. The van der Waals surface area contributed by atoms with Gasteiger partial charge in [-0.15, -0.1) is 11.3 Å². The lowest BCUT2D eigenvalue weighted by Gasteiger charge is -2.11. The van der Waals surface area contributed by atoms with Crippen molar-refractivity contribution in [2.24, 2.45) is 5.73 Å². The molecule has 1 heterocycles. The van der Waals surface area contributed by atoms with Crippen molar-refractivity contribution in [3.63, 3.8) is 0 Å². The predicted octanol–water partition coefficient (Wildman–Crippen LogP) is 5.17. The van der Waals surface area contributed by atoms with E-state index in [4.69, 9.17) is 17.3 Å². The second-order valence-electron chi connectivity index (χ2n) is 3.72. The summed E-state index contributed by atoms with van der Waals surface area (Å²) in [6.07, 6.45) is 0.822. The van der Waals surface area contributed by atoms with Gasteiger partial charge in [0, 0.05) is 26.8 Å². The summed E-state index contributed by atoms with van der Waals surface area (Å²) < 4.78 is 2.09. The molecule has 17 heavy (non-hydrogen) atoms. The molecule has 90 valence electrons. The maximum Gasteiger partial charge on any atom is 0.0701 e. The number of benzene rings is 1. The van der Waals surface area contributed by atoms with Crippen LogP contribution in [0, 0.1) is 0 Å². The summed E-state index contributed by atoms with van der Waals surface area (Å²) in [5.74, 6) is 0. The summed E-state index contributed by atoms with van der Waals surface area (Å²) in [6, 6.07) is 9.89. The number of rotatable bonds is 3. The molecule has 0 saturated carbocycles. The zero-order chi connectivity index (χ0) is 12.4. The summed E-state index contributed by atoms with van der Waals surface area (Å²) >= 11 is 14.6. The van der Waals surface area contributed by atoms with Crippen LogP contribution in [0.1, 0.15) is 16.5 Å². The monoisotopic (exact) mass is 393 g/mol. The average Bonchev–Trinajstić information content (AvgIpc) is 2.62. The standard InChI is InChI=1S/C12H10Br2ClNS/c13-8-3-7(4-9(15)5-8)11(16)6-10-1-2-12(14)17-10/h1-5,11H,6,16H2. The molecule has 0 spiro atoms. The Morgan fingerprint density at radius 1 is 1.24 bits per heavy atom. The Bertz CT molecular complexity index is 507. The van der Waals surface area contributed by atoms with E-state index < -0.39 is 0 Å². The highest BCUT2D eigenvalue weighted by Crippen LogP contribution is 2.28. The highest BCUT2D eigenvalue weighted by Gasteiger charge is 2.10. The Morgan fingerprint density at radius 2 is 2.00 bits per heavy atom. The van der Waals surface area contributed by atoms with Crippen LogP contribution in [0.4, 0.5) is 0 Å². The van der Waals surface area contributed by atoms with Gasteiger partial charge in [0.1, 0.15) is 0 Å². The van der Waals surface area contributed by atoms with Crippen molar-refractivity contribution in [3.05, 3.63) is 54.1 Å². The second-order valence-corrected chi connectivity index (χ2v) is 7.62. The third kappa shape index (κ3) is 3.80. The molecule has 1 unspecified atom stereocenters. The Morgan fingerprint density at radius 3 is 2.59 bits per heavy atom. The highest BCUT2D eigenvalue weighted by molar-refractivity contribution is 9.11. The fourth-order valence-corrected chi connectivity index (χ4v) is 4.01. The van der Waals surface area contributed by atoms with E-state index in [1.54, 1.807) is 11.3 Å². The van der Waals surface area contributed by atoms with Crippen LogP contribution in [0.25, 0.3) is 0 Å². The van der Waals surface area contributed by atoms with E-state index in [0.29, 0.717) is 5.02 Å². The van der Waals surface area contributed by atoms with Crippen LogP contribution in [-0.2, 0) is 6.42 Å². The Hall–Kier alpha value is 0.130. The number of halogens is 3. The van der Waals surface area contributed by atoms with E-state index in [0.717, 1.165) is 20.2 Å². The van der Waals surface area contributed by atoms with Gasteiger partial charge in [0.25, 0.3) is 0 Å². The van der Waals surface area contributed by atoms with Gasteiger partial charge in [0.05, 0.1) is 3.79 Å². The molecule has 0 fully saturated rings. The Balaban J connectivity index is 2.16. The molecule has 0 amide bonds. The van der Waals surface area contributed by atoms with Crippen LogP contribution >= 0.6 is 54.8 Å². The largest absolute Gasteiger partial charge is 0.324 e. The Labute approximate surface area is 126 Å². The summed E-state index contributed by atoms with van der Waals surface area (Å²) in [6.45, 7) is 0. The van der Waals surface area contributed by atoms with Crippen molar-refractivity contribution in [3.8, 4) is 0 Å². The molecule has 5 heteroatoms. The summed E-state index contributed by atoms with van der Waals surface area (Å²) in [4.78, 5) is 1.26. The third-order valence-electron chi connectivity index (χ3n) is 2.36. The molecule has 1 aromatic heterocycles. The summed E-state index contributed by atoms with van der Waals surface area (Å²) in [7, 11) is 0. The molecule has 0 aliphatic heterocycles. The molecule has 1 aromatic carbocycles. The van der Waals surface area contributed by atoms with Crippen LogP contribution in [0.5, 0.6) is 0 Å². The molecule has 0 saturated heterocycles. The zero-order valence-electron chi connectivity index (χ0n) is 8.79. The lowest BCUT2D eigenvalue weighted by Crippen LogP contribution is -2.12.